The van der Waals surface area contributed by atoms with Crippen molar-refractivity contribution in [3.63, 3.8) is 0 Å². The fourth-order valence-corrected chi connectivity index (χ4v) is 4.30. The number of urea groups is 1. The number of H-pyrrole nitrogens is 1. The van der Waals surface area contributed by atoms with Gasteiger partial charge in [0.15, 0.2) is 0 Å². The summed E-state index contributed by atoms with van der Waals surface area (Å²) in [6, 6.07) is 20.7. The summed E-state index contributed by atoms with van der Waals surface area (Å²) in [6.45, 7) is 4.31. The van der Waals surface area contributed by atoms with E-state index in [9.17, 15) is 13.2 Å². The minimum atomic E-state index is -4.04. The van der Waals surface area contributed by atoms with E-state index in [1.807, 2.05) is 37.3 Å². The first kappa shape index (κ1) is 23.1. The minimum Gasteiger partial charge on any atom is -0.379 e. The number of aromatic amines is 1. The van der Waals surface area contributed by atoms with Gasteiger partial charge in [0.25, 0.3) is 0 Å². The molecule has 0 aliphatic carbocycles. The Morgan fingerprint density at radius 3 is 2.50 bits per heavy atom. The molecular weight excluding hydrogens is 454 g/mol. The molecule has 3 aromatic carbocycles. The van der Waals surface area contributed by atoms with Crippen molar-refractivity contribution in [2.45, 2.75) is 24.8 Å². The smallest absolute Gasteiger partial charge is 0.339 e. The average molecular weight is 480 g/mol. The lowest BCUT2D eigenvalue weighted by Gasteiger charge is -2.16. The van der Waals surface area contributed by atoms with Crippen molar-refractivity contribution < 1.29 is 17.4 Å². The molecular formula is C24H25N5O4S. The number of carbonyl (C=O) groups is 1. The predicted octanol–water partition coefficient (Wildman–Crippen LogP) is 4.65. The topological polar surface area (TPSA) is 125 Å². The molecule has 34 heavy (non-hydrogen) atoms. The Balaban J connectivity index is 1.45. The summed E-state index contributed by atoms with van der Waals surface area (Å²) in [6.07, 6.45) is 0. The van der Waals surface area contributed by atoms with Crippen LogP contribution in [0.25, 0.3) is 11.0 Å². The lowest BCUT2D eigenvalue weighted by Crippen LogP contribution is -2.28. The van der Waals surface area contributed by atoms with E-state index in [0.29, 0.717) is 17.6 Å². The van der Waals surface area contributed by atoms with Gasteiger partial charge in [-0.2, -0.15) is 8.42 Å². The molecule has 0 spiro atoms. The Labute approximate surface area is 197 Å². The molecule has 0 bridgehead atoms. The summed E-state index contributed by atoms with van der Waals surface area (Å²) >= 11 is 0. The first-order valence-corrected chi connectivity index (χ1v) is 12.2. The first-order valence-electron chi connectivity index (χ1n) is 10.7. The number of hydrogen-bond donors (Lipinski definition) is 4. The van der Waals surface area contributed by atoms with Crippen LogP contribution >= 0.6 is 0 Å². The standard InChI is InChI=1S/C24H25N5O4S/c1-3-25-24(30)29-23-27-21-14-11-19(15-22(21)28-23)33-34(31,32)20-12-9-18(10-13-20)26-16(2)17-7-5-4-6-8-17/h4-16,26H,3H2,1-2H3,(H3,25,27,28,29,30). The normalized spacial score (nSPS) is 12.2. The number of carbonyl (C=O) groups excluding carboxylic acids is 1. The highest BCUT2D eigenvalue weighted by Crippen LogP contribution is 2.25. The predicted molar refractivity (Wildman–Crippen MR) is 132 cm³/mol. The van der Waals surface area contributed by atoms with Crippen LogP contribution in [0.5, 0.6) is 5.75 Å². The number of rotatable bonds is 8. The van der Waals surface area contributed by atoms with Crippen molar-refractivity contribution in [2.24, 2.45) is 0 Å². The van der Waals surface area contributed by atoms with Crippen LogP contribution < -0.4 is 20.1 Å². The van der Waals surface area contributed by atoms with Crippen molar-refractivity contribution in [3.8, 4) is 5.75 Å². The van der Waals surface area contributed by atoms with E-state index < -0.39 is 16.1 Å². The van der Waals surface area contributed by atoms with E-state index in [2.05, 4.69) is 25.9 Å². The van der Waals surface area contributed by atoms with Gasteiger partial charge < -0.3 is 19.8 Å². The molecule has 176 valence electrons. The number of nitrogens with one attached hydrogen (secondary N) is 4. The summed E-state index contributed by atoms with van der Waals surface area (Å²) in [7, 11) is -4.04. The molecule has 4 aromatic rings. The van der Waals surface area contributed by atoms with Crippen LogP contribution in [0.2, 0.25) is 0 Å². The molecule has 9 nitrogen and oxygen atoms in total. The van der Waals surface area contributed by atoms with Crippen LogP contribution in [0.3, 0.4) is 0 Å². The summed E-state index contributed by atoms with van der Waals surface area (Å²) in [4.78, 5) is 18.9. The maximum atomic E-state index is 12.8. The zero-order valence-electron chi connectivity index (χ0n) is 18.7. The Kier molecular flexibility index (Phi) is 6.69. The molecule has 0 fully saturated rings. The Morgan fingerprint density at radius 1 is 1.06 bits per heavy atom. The molecule has 1 unspecified atom stereocenters. The fourth-order valence-electron chi connectivity index (χ4n) is 3.38. The van der Waals surface area contributed by atoms with E-state index in [4.69, 9.17) is 4.18 Å². The minimum absolute atomic E-state index is 0.0358. The third kappa shape index (κ3) is 5.46. The van der Waals surface area contributed by atoms with Gasteiger partial charge in [-0.15, -0.1) is 0 Å². The van der Waals surface area contributed by atoms with Crippen molar-refractivity contribution in [3.05, 3.63) is 78.4 Å². The van der Waals surface area contributed by atoms with Crippen LogP contribution in [0.4, 0.5) is 16.4 Å². The van der Waals surface area contributed by atoms with E-state index in [-0.39, 0.29) is 22.6 Å². The molecule has 10 heteroatoms. The van der Waals surface area contributed by atoms with Gasteiger partial charge in [0.05, 0.1) is 11.0 Å². The molecule has 0 saturated carbocycles. The zero-order valence-corrected chi connectivity index (χ0v) is 19.5. The third-order valence-electron chi connectivity index (χ3n) is 5.05. The molecule has 1 aromatic heterocycles. The summed E-state index contributed by atoms with van der Waals surface area (Å²) < 4.78 is 30.9. The second-order valence-corrected chi connectivity index (χ2v) is 9.13. The van der Waals surface area contributed by atoms with Gasteiger partial charge in [0.2, 0.25) is 5.95 Å². The van der Waals surface area contributed by atoms with Crippen molar-refractivity contribution in [1.82, 2.24) is 15.3 Å². The highest BCUT2D eigenvalue weighted by molar-refractivity contribution is 7.87. The quantitative estimate of drug-likeness (QED) is 0.273. The Hall–Kier alpha value is -4.05. The fraction of sp³-hybridized carbons (Fsp3) is 0.167. The molecule has 1 heterocycles. The Morgan fingerprint density at radius 2 is 1.79 bits per heavy atom. The van der Waals surface area contributed by atoms with Gasteiger partial charge in [0, 0.05) is 24.3 Å². The van der Waals surface area contributed by atoms with Gasteiger partial charge in [-0.1, -0.05) is 30.3 Å². The summed E-state index contributed by atoms with van der Waals surface area (Å²) in [5, 5.41) is 8.53. The summed E-state index contributed by atoms with van der Waals surface area (Å²) in [5.41, 5.74) is 3.00. The molecule has 0 radical (unpaired) electrons. The number of hydrogen-bond acceptors (Lipinski definition) is 6. The monoisotopic (exact) mass is 479 g/mol. The number of amides is 2. The Bertz CT molecular complexity index is 1390. The van der Waals surface area contributed by atoms with Crippen LogP contribution in [0.1, 0.15) is 25.5 Å². The molecule has 0 aliphatic heterocycles. The lowest BCUT2D eigenvalue weighted by molar-refractivity contribution is 0.252. The van der Waals surface area contributed by atoms with E-state index in [1.165, 1.54) is 24.3 Å². The highest BCUT2D eigenvalue weighted by Gasteiger charge is 2.18. The SMILES string of the molecule is CCNC(=O)Nc1nc2ccc(OS(=O)(=O)c3ccc(NC(C)c4ccccc4)cc3)cc2[nH]1. The molecule has 2 amide bonds. The number of imidazole rings is 1. The maximum absolute atomic E-state index is 12.8. The number of fused-ring (bicyclic) bond motifs is 1. The van der Waals surface area contributed by atoms with Crippen LogP contribution in [0.15, 0.2) is 77.7 Å². The molecule has 4 rings (SSSR count). The van der Waals surface area contributed by atoms with Crippen molar-refractivity contribution in [1.29, 1.82) is 0 Å². The van der Waals surface area contributed by atoms with Gasteiger partial charge in [0.1, 0.15) is 10.6 Å². The molecule has 0 saturated heterocycles. The first-order chi connectivity index (χ1) is 16.3. The van der Waals surface area contributed by atoms with E-state index in [0.717, 1.165) is 11.3 Å². The second kappa shape index (κ2) is 9.84. The average Bonchev–Trinajstić information content (AvgIpc) is 3.21. The van der Waals surface area contributed by atoms with Crippen molar-refractivity contribution in [2.75, 3.05) is 17.2 Å². The van der Waals surface area contributed by atoms with E-state index in [1.54, 1.807) is 25.1 Å². The second-order valence-electron chi connectivity index (χ2n) is 7.59. The molecule has 0 aliphatic rings. The summed E-state index contributed by atoms with van der Waals surface area (Å²) in [5.74, 6) is 0.370. The van der Waals surface area contributed by atoms with Gasteiger partial charge in [-0.3, -0.25) is 5.32 Å². The van der Waals surface area contributed by atoms with Crippen LogP contribution in [-0.2, 0) is 10.1 Å². The number of benzene rings is 3. The third-order valence-corrected chi connectivity index (χ3v) is 6.32. The maximum Gasteiger partial charge on any atom is 0.339 e. The van der Waals surface area contributed by atoms with E-state index >= 15 is 0 Å². The van der Waals surface area contributed by atoms with Gasteiger partial charge >= 0.3 is 16.1 Å². The molecule has 1 atom stereocenters. The van der Waals surface area contributed by atoms with Gasteiger partial charge in [-0.25, -0.2) is 9.78 Å². The zero-order chi connectivity index (χ0) is 24.1. The molecule has 4 N–H and O–H groups in total. The number of nitrogens with zero attached hydrogens (tertiary/aromatic N) is 1. The highest BCUT2D eigenvalue weighted by atomic mass is 32.2. The van der Waals surface area contributed by atoms with Gasteiger partial charge in [-0.05, 0) is 55.8 Å². The lowest BCUT2D eigenvalue weighted by atomic mass is 10.1. The number of aromatic nitrogens is 2. The number of anilines is 2. The van der Waals surface area contributed by atoms with Crippen LogP contribution in [-0.4, -0.2) is 31.0 Å². The van der Waals surface area contributed by atoms with Crippen LogP contribution in [0, 0.1) is 0 Å². The van der Waals surface area contributed by atoms with Crippen molar-refractivity contribution >= 4 is 38.8 Å². The largest absolute Gasteiger partial charge is 0.379 e.